The van der Waals surface area contributed by atoms with Crippen LogP contribution in [0, 0.1) is 0 Å². The molecule has 0 atom stereocenters. The Morgan fingerprint density at radius 3 is 2.41 bits per heavy atom. The van der Waals surface area contributed by atoms with Crippen molar-refractivity contribution in [1.29, 1.82) is 0 Å². The minimum Gasteiger partial charge on any atom is -0.508 e. The molecule has 2 aliphatic rings. The summed E-state index contributed by atoms with van der Waals surface area (Å²) in [7, 11) is 0. The number of imide groups is 1. The van der Waals surface area contributed by atoms with E-state index in [-0.39, 0.29) is 23.6 Å². The fourth-order valence-electron chi connectivity index (χ4n) is 2.74. The zero-order valence-electron chi connectivity index (χ0n) is 9.35. The Balaban J connectivity index is 2.02. The topological polar surface area (TPSA) is 57.6 Å². The molecule has 1 aliphatic heterocycles. The molecule has 0 spiro atoms. The fourth-order valence-corrected chi connectivity index (χ4v) is 2.74. The predicted octanol–water partition coefficient (Wildman–Crippen LogP) is 1.93. The normalized spacial score (nSPS) is 20.1. The first-order valence-corrected chi connectivity index (χ1v) is 5.89. The maximum absolute atomic E-state index is 12.1. The highest BCUT2D eigenvalue weighted by Gasteiger charge is 2.40. The van der Waals surface area contributed by atoms with Crippen LogP contribution in [0.2, 0.25) is 0 Å². The van der Waals surface area contributed by atoms with Crippen LogP contribution in [0.25, 0.3) is 0 Å². The molecule has 0 saturated heterocycles. The molecule has 3 rings (SSSR count). The Morgan fingerprint density at radius 2 is 1.71 bits per heavy atom. The molecule has 17 heavy (non-hydrogen) atoms. The van der Waals surface area contributed by atoms with Crippen molar-refractivity contribution in [3.63, 3.8) is 0 Å². The summed E-state index contributed by atoms with van der Waals surface area (Å²) in [4.78, 5) is 25.6. The Labute approximate surface area is 98.9 Å². The molecular formula is C13H13NO3. The van der Waals surface area contributed by atoms with Crippen LogP contribution in [-0.4, -0.2) is 27.9 Å². The first kappa shape index (κ1) is 10.3. The van der Waals surface area contributed by atoms with E-state index < -0.39 is 0 Å². The number of rotatable bonds is 1. The molecule has 2 amide bonds. The van der Waals surface area contributed by atoms with Crippen molar-refractivity contribution >= 4 is 11.8 Å². The number of hydrogen-bond acceptors (Lipinski definition) is 3. The van der Waals surface area contributed by atoms with Gasteiger partial charge >= 0.3 is 0 Å². The van der Waals surface area contributed by atoms with Gasteiger partial charge < -0.3 is 5.11 Å². The van der Waals surface area contributed by atoms with E-state index in [1.807, 2.05) is 0 Å². The van der Waals surface area contributed by atoms with Crippen LogP contribution < -0.4 is 0 Å². The molecule has 88 valence electrons. The van der Waals surface area contributed by atoms with Crippen molar-refractivity contribution in [3.8, 4) is 5.75 Å². The van der Waals surface area contributed by atoms with Gasteiger partial charge in [-0.25, -0.2) is 0 Å². The molecule has 0 unspecified atom stereocenters. The highest BCUT2D eigenvalue weighted by Crippen LogP contribution is 2.32. The van der Waals surface area contributed by atoms with Gasteiger partial charge in [0.2, 0.25) is 0 Å². The highest BCUT2D eigenvalue weighted by atomic mass is 16.3. The standard InChI is InChI=1S/C13H13NO3/c15-9-5-6-10-11(7-9)13(17)14(12(10)16)8-3-1-2-4-8/h5-8,15H,1-4H2. The van der Waals surface area contributed by atoms with E-state index in [4.69, 9.17) is 0 Å². The number of benzene rings is 1. The molecule has 1 N–H and O–H groups in total. The Hall–Kier alpha value is -1.84. The largest absolute Gasteiger partial charge is 0.508 e. The number of aromatic hydroxyl groups is 1. The van der Waals surface area contributed by atoms with Gasteiger partial charge in [0, 0.05) is 6.04 Å². The molecule has 1 fully saturated rings. The summed E-state index contributed by atoms with van der Waals surface area (Å²) in [5.74, 6) is -0.442. The highest BCUT2D eigenvalue weighted by molar-refractivity contribution is 6.21. The van der Waals surface area contributed by atoms with E-state index in [0.29, 0.717) is 11.1 Å². The first-order chi connectivity index (χ1) is 8.18. The summed E-state index contributed by atoms with van der Waals surface area (Å²) in [6.45, 7) is 0. The second-order valence-electron chi connectivity index (χ2n) is 4.65. The first-order valence-electron chi connectivity index (χ1n) is 5.89. The van der Waals surface area contributed by atoms with E-state index in [1.54, 1.807) is 0 Å². The summed E-state index contributed by atoms with van der Waals surface area (Å²) in [6.07, 6.45) is 3.95. The van der Waals surface area contributed by atoms with Crippen molar-refractivity contribution in [2.45, 2.75) is 31.7 Å². The molecule has 1 aromatic rings. The molecule has 0 radical (unpaired) electrons. The number of phenols is 1. The minimum atomic E-state index is -0.257. The van der Waals surface area contributed by atoms with Crippen molar-refractivity contribution in [1.82, 2.24) is 4.90 Å². The zero-order valence-corrected chi connectivity index (χ0v) is 9.35. The Bertz CT molecular complexity index is 503. The lowest BCUT2D eigenvalue weighted by atomic mass is 10.1. The van der Waals surface area contributed by atoms with Gasteiger partial charge in [0.05, 0.1) is 11.1 Å². The SMILES string of the molecule is O=C1c2ccc(O)cc2C(=O)N1C1CCCC1. The lowest BCUT2D eigenvalue weighted by molar-refractivity contribution is 0.0587. The summed E-state index contributed by atoms with van der Waals surface area (Å²) in [5.41, 5.74) is 0.751. The molecule has 1 saturated carbocycles. The Kier molecular flexibility index (Phi) is 2.18. The van der Waals surface area contributed by atoms with Crippen molar-refractivity contribution < 1.29 is 14.7 Å². The predicted molar refractivity (Wildman–Crippen MR) is 60.9 cm³/mol. The summed E-state index contributed by atoms with van der Waals surface area (Å²) in [5, 5.41) is 9.37. The summed E-state index contributed by atoms with van der Waals surface area (Å²) in [6, 6.07) is 4.40. The van der Waals surface area contributed by atoms with Crippen molar-refractivity contribution in [2.75, 3.05) is 0 Å². The third-order valence-electron chi connectivity index (χ3n) is 3.59. The van der Waals surface area contributed by atoms with Gasteiger partial charge in [-0.15, -0.1) is 0 Å². The number of carbonyl (C=O) groups is 2. The van der Waals surface area contributed by atoms with Crippen LogP contribution in [-0.2, 0) is 0 Å². The van der Waals surface area contributed by atoms with Crippen LogP contribution in [0.3, 0.4) is 0 Å². The number of fused-ring (bicyclic) bond motifs is 1. The van der Waals surface area contributed by atoms with E-state index in [9.17, 15) is 14.7 Å². The van der Waals surface area contributed by atoms with Gasteiger partial charge in [0.1, 0.15) is 5.75 Å². The lowest BCUT2D eigenvalue weighted by Gasteiger charge is -2.21. The smallest absolute Gasteiger partial charge is 0.261 e. The van der Waals surface area contributed by atoms with Crippen LogP contribution in [0.5, 0.6) is 5.75 Å². The molecular weight excluding hydrogens is 218 g/mol. The number of amides is 2. The Morgan fingerprint density at radius 1 is 1.06 bits per heavy atom. The average molecular weight is 231 g/mol. The molecule has 1 aliphatic carbocycles. The van der Waals surface area contributed by atoms with Gasteiger partial charge in [-0.3, -0.25) is 14.5 Å². The molecule has 0 bridgehead atoms. The zero-order chi connectivity index (χ0) is 12.0. The van der Waals surface area contributed by atoms with Crippen LogP contribution >= 0.6 is 0 Å². The third kappa shape index (κ3) is 1.44. The molecule has 4 heteroatoms. The van der Waals surface area contributed by atoms with Crippen LogP contribution in [0.1, 0.15) is 46.4 Å². The quantitative estimate of drug-likeness (QED) is 0.751. The average Bonchev–Trinajstić information content (AvgIpc) is 2.88. The third-order valence-corrected chi connectivity index (χ3v) is 3.59. The molecule has 4 nitrogen and oxygen atoms in total. The van der Waals surface area contributed by atoms with E-state index >= 15 is 0 Å². The van der Waals surface area contributed by atoms with Gasteiger partial charge in [0.25, 0.3) is 11.8 Å². The maximum Gasteiger partial charge on any atom is 0.261 e. The second-order valence-corrected chi connectivity index (χ2v) is 4.65. The van der Waals surface area contributed by atoms with Gasteiger partial charge in [-0.05, 0) is 31.0 Å². The number of carbonyl (C=O) groups excluding carboxylic acids is 2. The van der Waals surface area contributed by atoms with Gasteiger partial charge in [-0.1, -0.05) is 12.8 Å². The van der Waals surface area contributed by atoms with Crippen LogP contribution in [0.4, 0.5) is 0 Å². The monoisotopic (exact) mass is 231 g/mol. The van der Waals surface area contributed by atoms with E-state index in [2.05, 4.69) is 0 Å². The number of phenolic OH excluding ortho intramolecular Hbond substituents is 1. The second kappa shape index (κ2) is 3.58. The number of nitrogens with zero attached hydrogens (tertiary/aromatic N) is 1. The van der Waals surface area contributed by atoms with Gasteiger partial charge in [0.15, 0.2) is 0 Å². The molecule has 1 heterocycles. The van der Waals surface area contributed by atoms with Gasteiger partial charge in [-0.2, -0.15) is 0 Å². The van der Waals surface area contributed by atoms with E-state index in [1.165, 1.54) is 23.1 Å². The molecule has 0 aromatic heterocycles. The lowest BCUT2D eigenvalue weighted by Crippen LogP contribution is -2.38. The van der Waals surface area contributed by atoms with Crippen molar-refractivity contribution in [3.05, 3.63) is 29.3 Å². The van der Waals surface area contributed by atoms with E-state index in [0.717, 1.165) is 25.7 Å². The fraction of sp³-hybridized carbons (Fsp3) is 0.385. The van der Waals surface area contributed by atoms with Crippen molar-refractivity contribution in [2.24, 2.45) is 0 Å². The number of hydrogen-bond donors (Lipinski definition) is 1. The summed E-state index contributed by atoms with van der Waals surface area (Å²) >= 11 is 0. The van der Waals surface area contributed by atoms with Crippen LogP contribution in [0.15, 0.2) is 18.2 Å². The molecule has 1 aromatic carbocycles. The minimum absolute atomic E-state index is 0.0261. The summed E-state index contributed by atoms with van der Waals surface area (Å²) < 4.78 is 0. The maximum atomic E-state index is 12.1.